The van der Waals surface area contributed by atoms with Crippen LogP contribution in [0.2, 0.25) is 0 Å². The molecule has 2 aromatic carbocycles. The Kier molecular flexibility index (Phi) is 26.5. The lowest BCUT2D eigenvalue weighted by molar-refractivity contribution is -0.296. The zero-order valence-corrected chi connectivity index (χ0v) is 71.9. The minimum atomic E-state index is -2.34. The maximum atomic E-state index is 15.5. The molecule has 8 aliphatic rings. The Hall–Kier alpha value is -9.02. The van der Waals surface area contributed by atoms with Crippen LogP contribution >= 0.6 is 23.5 Å². The van der Waals surface area contributed by atoms with Crippen molar-refractivity contribution < 1.29 is 135 Å². The van der Waals surface area contributed by atoms with Crippen molar-refractivity contribution in [1.82, 2.24) is 10.6 Å². The van der Waals surface area contributed by atoms with E-state index in [1.54, 1.807) is 64.1 Å². The van der Waals surface area contributed by atoms with E-state index in [9.17, 15) is 78.6 Å². The number of thioether (sulfide) groups is 2. The van der Waals surface area contributed by atoms with Crippen molar-refractivity contribution >= 4 is 93.3 Å². The van der Waals surface area contributed by atoms with Gasteiger partial charge in [0.1, 0.15) is 70.4 Å². The van der Waals surface area contributed by atoms with Gasteiger partial charge in [-0.3, -0.25) is 38.4 Å². The molecule has 2 heterocycles. The SMILES string of the molecule is CC(=O)O[C@H]1C(=O)[C@@]2(C)[C@H]([C@H](OC(=O)c3ccccc3)[C@]3(O)C[C@H](OC(=O)[C@H](O)[C@@H](NC(=O)SC(C)(C)C)c4ccco4)C(C)=C1C3(C)C)[C@]1(OC(C)=O)CC[C@@H]1C[C@@H]2O.CCCCSC(=O)N[C@@H](c1ccco1)[C@@H](O)C(=O)O[C@H]1C[C@@]2(O)[C@@H](OC(=O)c3ccccc3)[C@@H]3[C@]4(OC(C)=O)CC[C@@H]4C[C@H](O)[C@@]3(C)C(=O)[C@H](OC(C)=O)C(=C1C)C2(C)C. The molecule has 4 bridgehead atoms. The number of rotatable bonds is 21. The number of aliphatic hydroxyl groups excluding tert-OH is 4. The number of furan rings is 2. The summed E-state index contributed by atoms with van der Waals surface area (Å²) in [5.41, 5.74) is -14.3. The standard InChI is InChI=1S/2C44H55NO14S/c1-22-28(57-38(52)32(49)31(27-16-13-19-55-27)45-39(53)60-40(4,5)6)21-44(54)36(58-37(51)25-14-11-10-12-15-25)34-42(9,29(48)20-26-17-18-43(26,34)59-24(3)47)35(50)33(56-23(2)46)30(22)41(44,7)8;1-8-9-20-60-40(53)45-32(28-16-13-19-55-28)33(49)39(52)57-29-22-44(54)37(58-38(51)26-14-11-10-12-15-26)35-42(7,30(48)21-27-17-18-43(27,35)59-25(4)47)36(50)34(56-24(3)46)31(23(29)2)41(44,5)6/h10-16,19,26,28-29,31-34,36,48-49,54H,17-18,20-21H2,1-9H3,(H,45,53);10-16,19,27,29-30,32-35,37,48-49,54H,8-9,17-18,20-22H2,1-7H3,(H,45,53)/t26-,28+,29+,31+,32-,33-,34+,36+,42-,43+,44-;27-,29+,30+,32+,33-,34-,35+,37+,42-,43+,44-/m11/s1. The van der Waals surface area contributed by atoms with Crippen LogP contribution in [-0.2, 0) is 76.3 Å². The van der Waals surface area contributed by atoms with Crippen molar-refractivity contribution in [2.24, 2.45) is 45.3 Å². The van der Waals surface area contributed by atoms with Gasteiger partial charge < -0.3 is 88.0 Å². The highest BCUT2D eigenvalue weighted by molar-refractivity contribution is 8.14. The van der Waals surface area contributed by atoms with Crippen LogP contribution in [0, 0.1) is 45.3 Å². The van der Waals surface area contributed by atoms with Gasteiger partial charge in [0, 0.05) is 73.7 Å². The average Bonchev–Trinajstić information content (AvgIpc) is 0.759. The summed E-state index contributed by atoms with van der Waals surface area (Å²) in [6.07, 6.45) is -12.4. The molecular weight excluding hydrogens is 1600 g/mol. The van der Waals surface area contributed by atoms with Crippen LogP contribution in [0.1, 0.15) is 219 Å². The summed E-state index contributed by atoms with van der Waals surface area (Å²) in [6, 6.07) is 19.0. The summed E-state index contributed by atoms with van der Waals surface area (Å²) in [6.45, 7) is 24.3. The molecular formula is C88H110N2O28S2. The van der Waals surface area contributed by atoms with E-state index >= 15 is 9.59 Å². The lowest BCUT2D eigenvalue weighted by Crippen LogP contribution is -2.78. The van der Waals surface area contributed by atoms with Crippen molar-refractivity contribution in [3.05, 3.63) is 142 Å². The number of nitrogens with one attached hydrogen (secondary N) is 2. The third-order valence-corrected chi connectivity index (χ3v) is 28.3. The van der Waals surface area contributed by atoms with Crippen LogP contribution in [-0.4, -0.2) is 194 Å². The Morgan fingerprint density at radius 3 is 1.23 bits per heavy atom. The first kappa shape index (κ1) is 91.7. The topological polar surface area (TPSA) is 450 Å². The third kappa shape index (κ3) is 16.6. The van der Waals surface area contributed by atoms with E-state index in [0.29, 0.717) is 18.6 Å². The molecule has 0 aliphatic heterocycles. The predicted octanol–water partition coefficient (Wildman–Crippen LogP) is 10.3. The number of carbonyl (C=O) groups excluding carboxylic acids is 12. The summed E-state index contributed by atoms with van der Waals surface area (Å²) in [7, 11) is 0. The molecule has 2 amide bonds. The second kappa shape index (κ2) is 34.7. The molecule has 30 nitrogen and oxygen atoms in total. The number of ether oxygens (including phenoxy) is 8. The van der Waals surface area contributed by atoms with Crippen molar-refractivity contribution in [3.63, 3.8) is 0 Å². The first-order valence-corrected chi connectivity index (χ1v) is 42.3. The average molecular weight is 1710 g/mol. The van der Waals surface area contributed by atoms with E-state index in [0.717, 1.165) is 50.2 Å². The molecule has 32 heteroatoms. The summed E-state index contributed by atoms with van der Waals surface area (Å²) in [5, 5.41) is 78.8. The van der Waals surface area contributed by atoms with Crippen molar-refractivity contribution in [3.8, 4) is 0 Å². The fourth-order valence-electron chi connectivity index (χ4n) is 20.3. The predicted molar refractivity (Wildman–Crippen MR) is 430 cm³/mol. The molecule has 6 fully saturated rings. The van der Waals surface area contributed by atoms with Gasteiger partial charge in [-0.15, -0.1) is 0 Å². The number of ketones is 2. The van der Waals surface area contributed by atoms with Crippen LogP contribution < -0.4 is 10.6 Å². The zero-order chi connectivity index (χ0) is 88.3. The number of benzene rings is 2. The lowest BCUT2D eigenvalue weighted by atomic mass is 9.41. The van der Waals surface area contributed by atoms with Gasteiger partial charge in [-0.25, -0.2) is 19.2 Å². The Morgan fingerprint density at radius 1 is 0.533 bits per heavy atom. The second-order valence-electron chi connectivity index (χ2n) is 35.4. The van der Waals surface area contributed by atoms with Crippen molar-refractivity contribution in [2.75, 3.05) is 5.75 Å². The molecule has 2 aromatic heterocycles. The van der Waals surface area contributed by atoms with Crippen LogP contribution in [0.25, 0.3) is 0 Å². The largest absolute Gasteiger partial charge is 0.467 e. The van der Waals surface area contributed by atoms with Gasteiger partial charge in [-0.2, -0.15) is 0 Å². The third-order valence-electron chi connectivity index (χ3n) is 26.6. The van der Waals surface area contributed by atoms with Crippen LogP contribution in [0.5, 0.6) is 0 Å². The second-order valence-corrected chi connectivity index (χ2v) is 38.3. The summed E-state index contributed by atoms with van der Waals surface area (Å²) < 4.78 is 59.4. The summed E-state index contributed by atoms with van der Waals surface area (Å²) in [4.78, 5) is 166. The molecule has 0 radical (unpaired) electrons. The maximum Gasteiger partial charge on any atom is 0.338 e. The number of carbonyl (C=O) groups is 12. The number of amides is 2. The highest BCUT2D eigenvalue weighted by atomic mass is 32.2. The first-order chi connectivity index (χ1) is 56.1. The number of aliphatic hydroxyl groups is 6. The molecule has 12 rings (SSSR count). The lowest BCUT2D eigenvalue weighted by Gasteiger charge is -2.68. The van der Waals surface area contributed by atoms with E-state index in [1.165, 1.54) is 103 Å². The quantitative estimate of drug-likeness (QED) is 0.0166. The highest BCUT2D eigenvalue weighted by Gasteiger charge is 2.80. The maximum absolute atomic E-state index is 15.5. The Morgan fingerprint density at radius 2 is 0.908 bits per heavy atom. The number of esters is 8. The summed E-state index contributed by atoms with van der Waals surface area (Å²) >= 11 is 1.90. The van der Waals surface area contributed by atoms with Crippen LogP contribution in [0.4, 0.5) is 9.59 Å². The minimum absolute atomic E-state index is 0.0117. The number of fused-ring (bicyclic) bond motifs is 10. The van der Waals surface area contributed by atoms with Crippen LogP contribution in [0.15, 0.2) is 129 Å². The van der Waals surface area contributed by atoms with E-state index in [-0.39, 0.29) is 70.6 Å². The number of Topliss-reactive ketones (excluding diaryl/α,β-unsaturated/α-hetero) is 2. The highest BCUT2D eigenvalue weighted by Crippen LogP contribution is 2.70. The minimum Gasteiger partial charge on any atom is -0.467 e. The van der Waals surface area contributed by atoms with Gasteiger partial charge in [0.2, 0.25) is 0 Å². The molecule has 652 valence electrons. The van der Waals surface area contributed by atoms with Gasteiger partial charge in [0.25, 0.3) is 10.5 Å². The smallest absolute Gasteiger partial charge is 0.338 e. The normalized spacial score (nSPS) is 32.8. The molecule has 4 aromatic rings. The molecule has 6 saturated carbocycles. The van der Waals surface area contributed by atoms with Crippen LogP contribution in [0.3, 0.4) is 0 Å². The molecule has 0 spiro atoms. The Balaban J connectivity index is 0.000000235. The molecule has 8 aliphatic carbocycles. The van der Waals surface area contributed by atoms with Gasteiger partial charge >= 0.3 is 47.8 Å². The molecule has 120 heavy (non-hydrogen) atoms. The zero-order valence-electron chi connectivity index (χ0n) is 70.2. The fraction of sp³-hybridized carbons (Fsp3) is 0.591. The summed E-state index contributed by atoms with van der Waals surface area (Å²) in [5.74, 6) is -12.3. The number of hydrogen-bond donors (Lipinski definition) is 8. The number of unbranched alkanes of at least 4 members (excludes halogenated alkanes) is 1. The molecule has 22 atom stereocenters. The molecule has 8 N–H and O–H groups in total. The fourth-order valence-corrected chi connectivity index (χ4v) is 21.8. The first-order valence-electron chi connectivity index (χ1n) is 40.5. The Labute approximate surface area is 704 Å². The van der Waals surface area contributed by atoms with Gasteiger partial charge in [-0.1, -0.05) is 122 Å². The van der Waals surface area contributed by atoms with Gasteiger partial charge in [0.15, 0.2) is 36.0 Å². The van der Waals surface area contributed by atoms with Crippen molar-refractivity contribution in [1.29, 1.82) is 0 Å². The molecule has 0 unspecified atom stereocenters. The monoisotopic (exact) mass is 1710 g/mol. The van der Waals surface area contributed by atoms with Crippen molar-refractivity contribution in [2.45, 2.75) is 275 Å². The van der Waals surface area contributed by atoms with E-state index in [2.05, 4.69) is 10.6 Å². The van der Waals surface area contributed by atoms with Gasteiger partial charge in [-0.05, 0) is 143 Å². The number of hydrogen-bond acceptors (Lipinski definition) is 30. The van der Waals surface area contributed by atoms with E-state index < -0.39 is 228 Å². The Bertz CT molecular complexity index is 4650. The van der Waals surface area contributed by atoms with E-state index in [1.807, 2.05) is 27.7 Å². The molecule has 0 saturated heterocycles. The van der Waals surface area contributed by atoms with Gasteiger partial charge in [0.05, 0.1) is 58.5 Å². The van der Waals surface area contributed by atoms with E-state index in [4.69, 9.17) is 46.7 Å².